The Bertz CT molecular complexity index is 863. The van der Waals surface area contributed by atoms with Crippen LogP contribution in [-0.4, -0.2) is 25.9 Å². The van der Waals surface area contributed by atoms with Crippen LogP contribution < -0.4 is 5.32 Å². The average molecular weight is 377 g/mol. The number of halogens is 1. The molecule has 6 nitrogen and oxygen atoms in total. The van der Waals surface area contributed by atoms with E-state index in [9.17, 15) is 4.79 Å². The molecule has 1 aromatic carbocycles. The highest BCUT2D eigenvalue weighted by atomic mass is 35.5. The van der Waals surface area contributed by atoms with Crippen LogP contribution in [0.5, 0.6) is 0 Å². The minimum Gasteiger partial charge on any atom is -0.461 e. The molecule has 0 spiro atoms. The van der Waals surface area contributed by atoms with E-state index in [2.05, 4.69) is 15.5 Å². The van der Waals surface area contributed by atoms with Crippen molar-refractivity contribution in [2.45, 2.75) is 23.9 Å². The third-order valence-electron chi connectivity index (χ3n) is 3.64. The molecule has 8 heteroatoms. The van der Waals surface area contributed by atoms with Crippen LogP contribution in [-0.2, 0) is 18.4 Å². The number of carbonyl (C=O) groups is 1. The molecule has 1 N–H and O–H groups in total. The minimum atomic E-state index is -0.324. The van der Waals surface area contributed by atoms with Gasteiger partial charge in [0.05, 0.1) is 11.5 Å². The summed E-state index contributed by atoms with van der Waals surface area (Å²) in [5.74, 6) is 1.17. The van der Waals surface area contributed by atoms with Gasteiger partial charge in [0.25, 0.3) is 0 Å². The molecule has 2 aromatic heterocycles. The molecule has 1 amide bonds. The van der Waals surface area contributed by atoms with Gasteiger partial charge in [0.15, 0.2) is 16.7 Å². The van der Waals surface area contributed by atoms with E-state index >= 15 is 0 Å². The molecule has 3 rings (SSSR count). The number of aromatic nitrogens is 3. The van der Waals surface area contributed by atoms with Crippen molar-refractivity contribution in [1.29, 1.82) is 0 Å². The molecule has 25 heavy (non-hydrogen) atoms. The Hall–Kier alpha value is -2.25. The van der Waals surface area contributed by atoms with Crippen LogP contribution in [0.25, 0.3) is 11.6 Å². The predicted molar refractivity (Wildman–Crippen MR) is 97.3 cm³/mol. The monoisotopic (exact) mass is 376 g/mol. The second kappa shape index (κ2) is 7.76. The maximum Gasteiger partial charge on any atom is 0.233 e. The molecule has 0 saturated carbocycles. The lowest BCUT2D eigenvalue weighted by atomic mass is 10.2. The van der Waals surface area contributed by atoms with E-state index in [1.807, 2.05) is 38.2 Å². The third-order valence-corrected chi connectivity index (χ3v) is 5.14. The van der Waals surface area contributed by atoms with Crippen molar-refractivity contribution in [2.24, 2.45) is 7.05 Å². The van der Waals surface area contributed by atoms with Gasteiger partial charge >= 0.3 is 0 Å². The zero-order valence-corrected chi connectivity index (χ0v) is 15.3. The molecule has 0 aliphatic carbocycles. The van der Waals surface area contributed by atoms with Crippen molar-refractivity contribution < 1.29 is 9.21 Å². The van der Waals surface area contributed by atoms with Gasteiger partial charge in [0.2, 0.25) is 5.91 Å². The Morgan fingerprint density at radius 1 is 1.32 bits per heavy atom. The summed E-state index contributed by atoms with van der Waals surface area (Å²) in [5.41, 5.74) is 0.883. The molecule has 0 fully saturated rings. The second-order valence-electron chi connectivity index (χ2n) is 5.41. The summed E-state index contributed by atoms with van der Waals surface area (Å²) >= 11 is 7.44. The summed E-state index contributed by atoms with van der Waals surface area (Å²) < 4.78 is 7.15. The van der Waals surface area contributed by atoms with Crippen molar-refractivity contribution in [2.75, 3.05) is 0 Å². The smallest absolute Gasteiger partial charge is 0.233 e. The lowest BCUT2D eigenvalue weighted by Crippen LogP contribution is -2.30. The van der Waals surface area contributed by atoms with Crippen molar-refractivity contribution in [3.8, 4) is 11.6 Å². The lowest BCUT2D eigenvalue weighted by molar-refractivity contribution is -0.120. The number of amides is 1. The molecule has 3 aromatic rings. The molecular weight excluding hydrogens is 360 g/mol. The molecule has 0 bridgehead atoms. The van der Waals surface area contributed by atoms with E-state index in [-0.39, 0.29) is 11.2 Å². The first-order valence-electron chi connectivity index (χ1n) is 7.67. The predicted octanol–water partition coefficient (Wildman–Crippen LogP) is 3.53. The molecule has 0 aliphatic rings. The number of furan rings is 1. The number of nitrogens with one attached hydrogen (secondary N) is 1. The molecule has 130 valence electrons. The number of hydrogen-bond acceptors (Lipinski definition) is 5. The first kappa shape index (κ1) is 17.6. The average Bonchev–Trinajstić information content (AvgIpc) is 3.24. The molecule has 0 radical (unpaired) electrons. The Labute approximate surface area is 154 Å². The van der Waals surface area contributed by atoms with Crippen molar-refractivity contribution in [3.05, 3.63) is 53.2 Å². The van der Waals surface area contributed by atoms with Crippen LogP contribution in [0.3, 0.4) is 0 Å². The molecule has 0 aliphatic heterocycles. The Morgan fingerprint density at radius 2 is 2.12 bits per heavy atom. The van der Waals surface area contributed by atoms with Crippen LogP contribution in [0.1, 0.15) is 12.5 Å². The van der Waals surface area contributed by atoms with E-state index in [0.29, 0.717) is 28.3 Å². The zero-order valence-electron chi connectivity index (χ0n) is 13.8. The van der Waals surface area contributed by atoms with Crippen LogP contribution in [0, 0.1) is 0 Å². The second-order valence-corrected chi connectivity index (χ2v) is 7.13. The number of benzene rings is 1. The molecule has 1 atom stereocenters. The molecule has 0 unspecified atom stereocenters. The normalized spacial score (nSPS) is 12.1. The summed E-state index contributed by atoms with van der Waals surface area (Å²) in [6.45, 7) is 2.22. The summed E-state index contributed by atoms with van der Waals surface area (Å²) in [6, 6.07) is 11.0. The van der Waals surface area contributed by atoms with E-state index in [0.717, 1.165) is 5.56 Å². The summed E-state index contributed by atoms with van der Waals surface area (Å²) in [6.07, 6.45) is 1.58. The van der Waals surface area contributed by atoms with Crippen LogP contribution in [0.2, 0.25) is 5.02 Å². The van der Waals surface area contributed by atoms with Gasteiger partial charge in [-0.3, -0.25) is 4.79 Å². The van der Waals surface area contributed by atoms with Gasteiger partial charge < -0.3 is 14.3 Å². The van der Waals surface area contributed by atoms with Gasteiger partial charge in [-0.1, -0.05) is 41.6 Å². The first-order chi connectivity index (χ1) is 12.1. The Kier molecular flexibility index (Phi) is 5.45. The van der Waals surface area contributed by atoms with E-state index in [4.69, 9.17) is 16.0 Å². The zero-order chi connectivity index (χ0) is 17.8. The standard InChI is InChI=1S/C17H17ClN4O2S/c1-11(16(23)19-10-12-6-3-4-7-13(12)18)25-17-21-20-15(22(17)2)14-8-5-9-24-14/h3-9,11H,10H2,1-2H3,(H,19,23)/t11-/m1/s1. The van der Waals surface area contributed by atoms with Crippen molar-refractivity contribution in [1.82, 2.24) is 20.1 Å². The first-order valence-corrected chi connectivity index (χ1v) is 8.93. The van der Waals surface area contributed by atoms with Gasteiger partial charge in [-0.2, -0.15) is 0 Å². The van der Waals surface area contributed by atoms with Gasteiger partial charge in [0, 0.05) is 18.6 Å². The topological polar surface area (TPSA) is 73.0 Å². The van der Waals surface area contributed by atoms with Crippen molar-refractivity contribution in [3.63, 3.8) is 0 Å². The maximum atomic E-state index is 12.3. The lowest BCUT2D eigenvalue weighted by Gasteiger charge is -2.12. The minimum absolute atomic E-state index is 0.0903. The van der Waals surface area contributed by atoms with E-state index < -0.39 is 0 Å². The highest BCUT2D eigenvalue weighted by molar-refractivity contribution is 8.00. The van der Waals surface area contributed by atoms with E-state index in [1.54, 1.807) is 23.0 Å². The largest absolute Gasteiger partial charge is 0.461 e. The number of carbonyl (C=O) groups excluding carboxylic acids is 1. The number of thioether (sulfide) groups is 1. The highest BCUT2D eigenvalue weighted by Gasteiger charge is 2.20. The Morgan fingerprint density at radius 3 is 2.84 bits per heavy atom. The highest BCUT2D eigenvalue weighted by Crippen LogP contribution is 2.26. The number of rotatable bonds is 6. The SMILES string of the molecule is C[C@@H](Sc1nnc(-c2ccco2)n1C)C(=O)NCc1ccccc1Cl. The Balaban J connectivity index is 1.61. The van der Waals surface area contributed by atoms with Gasteiger partial charge in [-0.25, -0.2) is 0 Å². The van der Waals surface area contributed by atoms with E-state index in [1.165, 1.54) is 11.8 Å². The number of nitrogens with zero attached hydrogens (tertiary/aromatic N) is 3. The van der Waals surface area contributed by atoms with Crippen molar-refractivity contribution >= 4 is 29.3 Å². The van der Waals surface area contributed by atoms with Crippen LogP contribution >= 0.6 is 23.4 Å². The molecule has 2 heterocycles. The summed E-state index contributed by atoms with van der Waals surface area (Å²) in [7, 11) is 1.84. The number of hydrogen-bond donors (Lipinski definition) is 1. The fourth-order valence-corrected chi connectivity index (χ4v) is 3.26. The quantitative estimate of drug-likeness (QED) is 0.666. The maximum absolute atomic E-state index is 12.3. The molecular formula is C17H17ClN4O2S. The fraction of sp³-hybridized carbons (Fsp3) is 0.235. The van der Waals surface area contributed by atoms with Gasteiger partial charge in [-0.15, -0.1) is 10.2 Å². The third kappa shape index (κ3) is 4.05. The van der Waals surface area contributed by atoms with Gasteiger partial charge in [0.1, 0.15) is 0 Å². The van der Waals surface area contributed by atoms with Gasteiger partial charge in [-0.05, 0) is 30.7 Å². The molecule has 0 saturated heterocycles. The fourth-order valence-electron chi connectivity index (χ4n) is 2.22. The summed E-state index contributed by atoms with van der Waals surface area (Å²) in [5, 5.41) is 12.1. The van der Waals surface area contributed by atoms with Crippen LogP contribution in [0.4, 0.5) is 0 Å². The van der Waals surface area contributed by atoms with Crippen LogP contribution in [0.15, 0.2) is 52.2 Å². The summed E-state index contributed by atoms with van der Waals surface area (Å²) in [4.78, 5) is 12.3.